The van der Waals surface area contributed by atoms with Crippen LogP contribution < -0.4 is 0 Å². The molecule has 0 saturated carbocycles. The van der Waals surface area contributed by atoms with Crippen molar-refractivity contribution in [2.45, 2.75) is 78.6 Å². The Morgan fingerprint density at radius 1 is 0.857 bits per heavy atom. The summed E-state index contributed by atoms with van der Waals surface area (Å²) >= 11 is -2.03. The monoisotopic (exact) mass is 380 g/mol. The average Bonchev–Trinajstić information content (AvgIpc) is 2.25. The van der Waals surface area contributed by atoms with E-state index in [-0.39, 0.29) is 24.2 Å². The second-order valence-corrected chi connectivity index (χ2v) is 5.88. The molecule has 4 unspecified atom stereocenters. The molecule has 0 aromatic carbocycles. The Morgan fingerprint density at radius 3 is 1.43 bits per heavy atom. The molecular formula is C14H26MoN4O2. The van der Waals surface area contributed by atoms with Gasteiger partial charge in [-0.3, -0.25) is 0 Å². The quantitative estimate of drug-likeness (QED) is 0.602. The van der Waals surface area contributed by atoms with Gasteiger partial charge >= 0.3 is 25.3 Å². The molecular weight excluding hydrogens is 352 g/mol. The molecule has 4 atom stereocenters. The summed E-state index contributed by atoms with van der Waals surface area (Å²) in [6.07, 6.45) is 1.89. The van der Waals surface area contributed by atoms with Gasteiger partial charge in [0.2, 0.25) is 0 Å². The molecule has 1 heterocycles. The Balaban J connectivity index is 0.00000122. The van der Waals surface area contributed by atoms with Gasteiger partial charge in [0, 0.05) is 0 Å². The molecule has 1 aliphatic heterocycles. The molecule has 1 rings (SSSR count). The Hall–Kier alpha value is -0.772. The molecule has 21 heavy (non-hydrogen) atoms. The molecule has 0 amide bonds. The van der Waals surface area contributed by atoms with E-state index >= 15 is 0 Å². The van der Waals surface area contributed by atoms with E-state index < -0.39 is 18.5 Å². The predicted octanol–water partition coefficient (Wildman–Crippen LogP) is 3.68. The Kier molecular flexibility index (Phi) is 10.5. The molecule has 120 valence electrons. The topological polar surface area (TPSA) is 87.1 Å². The molecule has 0 aromatic heterocycles. The minimum atomic E-state index is -2.03. The summed E-state index contributed by atoms with van der Waals surface area (Å²) in [6.45, 7) is 12.5. The van der Waals surface area contributed by atoms with Crippen LogP contribution in [0.4, 0.5) is 0 Å². The zero-order valence-electron chi connectivity index (χ0n) is 13.7. The summed E-state index contributed by atoms with van der Waals surface area (Å²) in [4.78, 5) is 9.22. The summed E-state index contributed by atoms with van der Waals surface area (Å²) < 4.78 is 17.0. The van der Waals surface area contributed by atoms with E-state index in [2.05, 4.69) is 48.3 Å². The average molecular weight is 378 g/mol. The van der Waals surface area contributed by atoms with Gasteiger partial charge in [0.05, 0.1) is 0 Å². The normalized spacial score (nSPS) is 30.6. The van der Waals surface area contributed by atoms with Gasteiger partial charge in [-0.2, -0.15) is 0 Å². The van der Waals surface area contributed by atoms with Crippen LogP contribution in [0.3, 0.4) is 0 Å². The van der Waals surface area contributed by atoms with Gasteiger partial charge < -0.3 is 20.6 Å². The summed E-state index contributed by atoms with van der Waals surface area (Å²) in [7, 11) is 0. The van der Waals surface area contributed by atoms with Crippen molar-refractivity contribution in [3.8, 4) is 0 Å². The van der Waals surface area contributed by atoms with E-state index in [4.69, 9.17) is 6.80 Å². The third-order valence-electron chi connectivity index (χ3n) is 2.99. The van der Waals surface area contributed by atoms with Gasteiger partial charge in [0.15, 0.2) is 0 Å². The SMILES string of the molecule is CC1=NC(C)CC(C)[N-]C(C)=NC(C)CC(C)[N-]1.[O]=[Mo+2]=[O]. The fourth-order valence-corrected chi connectivity index (χ4v) is 2.54. The predicted molar refractivity (Wildman–Crippen MR) is 81.4 cm³/mol. The second kappa shape index (κ2) is 10.9. The second-order valence-electron chi connectivity index (χ2n) is 5.55. The molecule has 7 heteroatoms. The Morgan fingerprint density at radius 2 is 1.14 bits per heavy atom. The fraction of sp³-hybridized carbons (Fsp3) is 0.857. The fourth-order valence-electron chi connectivity index (χ4n) is 2.54. The van der Waals surface area contributed by atoms with Gasteiger partial charge in [-0.05, 0) is 50.9 Å². The van der Waals surface area contributed by atoms with E-state index in [0.717, 1.165) is 24.5 Å². The van der Waals surface area contributed by atoms with Crippen LogP contribution in [-0.4, -0.2) is 35.8 Å². The molecule has 0 N–H and O–H groups in total. The standard InChI is InChI=1S/C14H26N4.Mo.2O/c1-9-7-10(2)16-14(6)18-12(4)8-11(3)17-13(5)15-9;;;/h9-12H,7-8H2,1-6H3;;;/q-2;+2;;. The van der Waals surface area contributed by atoms with Crippen LogP contribution in [0.2, 0.25) is 0 Å². The Bertz CT molecular complexity index is 374. The van der Waals surface area contributed by atoms with E-state index in [1.807, 2.05) is 13.8 Å². The minimum absolute atomic E-state index is 0.268. The number of nitrogens with zero attached hydrogens (tertiary/aromatic N) is 4. The van der Waals surface area contributed by atoms with Gasteiger partial charge in [-0.1, -0.05) is 39.4 Å². The molecule has 0 fully saturated rings. The van der Waals surface area contributed by atoms with Crippen LogP contribution >= 0.6 is 0 Å². The number of rotatable bonds is 0. The summed E-state index contributed by atoms with van der Waals surface area (Å²) in [6, 6.07) is 1.07. The molecule has 1 aliphatic rings. The first-order valence-corrected chi connectivity index (χ1v) is 8.84. The zero-order valence-corrected chi connectivity index (χ0v) is 15.7. The van der Waals surface area contributed by atoms with Crippen LogP contribution in [0.1, 0.15) is 54.4 Å². The van der Waals surface area contributed by atoms with Crippen molar-refractivity contribution in [1.82, 2.24) is 0 Å². The van der Waals surface area contributed by atoms with Gasteiger partial charge in [0.25, 0.3) is 0 Å². The van der Waals surface area contributed by atoms with Gasteiger partial charge in [-0.15, -0.1) is 0 Å². The van der Waals surface area contributed by atoms with Crippen molar-refractivity contribution in [2.24, 2.45) is 9.98 Å². The van der Waals surface area contributed by atoms with Crippen molar-refractivity contribution in [3.05, 3.63) is 10.6 Å². The van der Waals surface area contributed by atoms with Crippen LogP contribution in [-0.2, 0) is 25.3 Å². The van der Waals surface area contributed by atoms with Crippen molar-refractivity contribution in [2.75, 3.05) is 0 Å². The van der Waals surface area contributed by atoms with Crippen molar-refractivity contribution in [3.63, 3.8) is 0 Å². The number of hydrogen-bond donors (Lipinski definition) is 0. The maximum atomic E-state index is 8.50. The van der Waals surface area contributed by atoms with Crippen LogP contribution in [0.5, 0.6) is 0 Å². The number of aliphatic imine (C=N–C) groups is 2. The first-order valence-electron chi connectivity index (χ1n) is 7.20. The Labute approximate surface area is 136 Å². The molecule has 0 aromatic rings. The molecule has 0 bridgehead atoms. The van der Waals surface area contributed by atoms with E-state index in [1.165, 1.54) is 0 Å². The molecule has 0 aliphatic carbocycles. The molecule has 0 radical (unpaired) electrons. The van der Waals surface area contributed by atoms with E-state index in [1.54, 1.807) is 0 Å². The van der Waals surface area contributed by atoms with Gasteiger partial charge in [-0.25, -0.2) is 0 Å². The third kappa shape index (κ3) is 10.6. The van der Waals surface area contributed by atoms with Crippen molar-refractivity contribution < 1.29 is 25.3 Å². The van der Waals surface area contributed by atoms with Crippen LogP contribution in [0.15, 0.2) is 9.98 Å². The van der Waals surface area contributed by atoms with E-state index in [9.17, 15) is 0 Å². The number of amidine groups is 2. The number of hydrogen-bond acceptors (Lipinski definition) is 4. The molecule has 6 nitrogen and oxygen atoms in total. The van der Waals surface area contributed by atoms with Crippen LogP contribution in [0, 0.1) is 0 Å². The molecule has 0 spiro atoms. The van der Waals surface area contributed by atoms with Gasteiger partial charge in [0.1, 0.15) is 0 Å². The maximum absolute atomic E-state index is 8.50. The first kappa shape index (κ1) is 20.2. The van der Waals surface area contributed by atoms with Crippen LogP contribution in [0.25, 0.3) is 10.6 Å². The molecule has 0 saturated heterocycles. The zero-order chi connectivity index (χ0) is 16.4. The summed E-state index contributed by atoms with van der Waals surface area (Å²) in [5, 5.41) is 9.22. The summed E-state index contributed by atoms with van der Waals surface area (Å²) in [5.74, 6) is 1.80. The van der Waals surface area contributed by atoms with Crippen molar-refractivity contribution >= 4 is 11.7 Å². The summed E-state index contributed by atoms with van der Waals surface area (Å²) in [5.41, 5.74) is 0. The van der Waals surface area contributed by atoms with E-state index in [0.29, 0.717) is 0 Å². The van der Waals surface area contributed by atoms with Crippen molar-refractivity contribution in [1.29, 1.82) is 0 Å². The third-order valence-corrected chi connectivity index (χ3v) is 2.99. The first-order chi connectivity index (χ1) is 9.78.